The Morgan fingerprint density at radius 1 is 1.20 bits per heavy atom. The van der Waals surface area contributed by atoms with Gasteiger partial charge in [-0.1, -0.05) is 37.5 Å². The van der Waals surface area contributed by atoms with Crippen LogP contribution in [0.5, 0.6) is 0 Å². The van der Waals surface area contributed by atoms with Crippen LogP contribution in [0.25, 0.3) is 10.9 Å². The van der Waals surface area contributed by atoms with E-state index >= 15 is 0 Å². The van der Waals surface area contributed by atoms with Crippen LogP contribution in [0, 0.1) is 0 Å². The average molecular weight is 271 g/mol. The summed E-state index contributed by atoms with van der Waals surface area (Å²) in [5, 5.41) is 1.12. The van der Waals surface area contributed by atoms with Crippen molar-refractivity contribution < 1.29 is 4.74 Å². The molecule has 0 radical (unpaired) electrons. The smallest absolute Gasteiger partial charge is 0.146 e. The minimum atomic E-state index is 0.390. The summed E-state index contributed by atoms with van der Waals surface area (Å²) in [7, 11) is 0. The molecule has 1 aromatic heterocycles. The molecule has 3 N–H and O–H groups in total. The lowest BCUT2D eigenvalue weighted by molar-refractivity contribution is 0.0171. The Kier molecular flexibility index (Phi) is 4.14. The van der Waals surface area contributed by atoms with Crippen LogP contribution in [0.3, 0.4) is 0 Å². The van der Waals surface area contributed by atoms with E-state index in [0.717, 1.165) is 16.5 Å². The Morgan fingerprint density at radius 2 is 2.00 bits per heavy atom. The highest BCUT2D eigenvalue weighted by Crippen LogP contribution is 2.24. The number of fused-ring (bicyclic) bond motifs is 1. The number of hydrazine groups is 1. The number of nitrogens with zero attached hydrogens (tertiary/aromatic N) is 1. The quantitative estimate of drug-likeness (QED) is 0.661. The highest BCUT2D eigenvalue weighted by atomic mass is 16.5. The van der Waals surface area contributed by atoms with E-state index in [4.69, 9.17) is 10.6 Å². The van der Waals surface area contributed by atoms with E-state index in [1.807, 2.05) is 18.2 Å². The summed E-state index contributed by atoms with van der Waals surface area (Å²) < 4.78 is 6.02. The van der Waals surface area contributed by atoms with E-state index in [-0.39, 0.29) is 0 Å². The van der Waals surface area contributed by atoms with E-state index in [2.05, 4.69) is 22.5 Å². The predicted molar refractivity (Wildman–Crippen MR) is 81.2 cm³/mol. The molecular formula is C16H21N3O. The van der Waals surface area contributed by atoms with Gasteiger partial charge in [-0.25, -0.2) is 10.8 Å². The van der Waals surface area contributed by atoms with Gasteiger partial charge in [0.05, 0.1) is 18.2 Å². The van der Waals surface area contributed by atoms with E-state index in [1.54, 1.807) is 0 Å². The third-order valence-corrected chi connectivity index (χ3v) is 3.97. The SMILES string of the molecule is NNc1nc2ccccc2cc1COC1CCCCC1. The lowest BCUT2D eigenvalue weighted by Gasteiger charge is -2.22. The average Bonchev–Trinajstić information content (AvgIpc) is 2.53. The molecule has 1 aliphatic carbocycles. The van der Waals surface area contributed by atoms with Gasteiger partial charge in [0.2, 0.25) is 0 Å². The summed E-state index contributed by atoms with van der Waals surface area (Å²) in [4.78, 5) is 4.54. The first-order valence-electron chi connectivity index (χ1n) is 7.34. The molecule has 0 bridgehead atoms. The topological polar surface area (TPSA) is 60.2 Å². The number of nitrogens with two attached hydrogens (primary N) is 1. The molecule has 1 heterocycles. The molecule has 0 unspecified atom stereocenters. The molecule has 1 aliphatic rings. The number of nitrogen functional groups attached to an aromatic ring is 1. The molecule has 1 fully saturated rings. The second kappa shape index (κ2) is 6.20. The molecule has 2 aromatic rings. The molecular weight excluding hydrogens is 250 g/mol. The fourth-order valence-corrected chi connectivity index (χ4v) is 2.83. The third-order valence-electron chi connectivity index (χ3n) is 3.97. The van der Waals surface area contributed by atoms with Crippen molar-refractivity contribution >= 4 is 16.7 Å². The third kappa shape index (κ3) is 2.92. The second-order valence-electron chi connectivity index (χ2n) is 5.40. The number of ether oxygens (including phenoxy) is 1. The summed E-state index contributed by atoms with van der Waals surface area (Å²) >= 11 is 0. The predicted octanol–water partition coefficient (Wildman–Crippen LogP) is 3.37. The van der Waals surface area contributed by atoms with E-state index in [1.165, 1.54) is 32.1 Å². The zero-order valence-electron chi connectivity index (χ0n) is 11.6. The fraction of sp³-hybridized carbons (Fsp3) is 0.438. The van der Waals surface area contributed by atoms with Crippen molar-refractivity contribution in [2.24, 2.45) is 5.84 Å². The zero-order chi connectivity index (χ0) is 13.8. The highest BCUT2D eigenvalue weighted by Gasteiger charge is 2.15. The van der Waals surface area contributed by atoms with Gasteiger partial charge in [0.25, 0.3) is 0 Å². The number of benzene rings is 1. The molecule has 106 valence electrons. The zero-order valence-corrected chi connectivity index (χ0v) is 11.6. The molecule has 4 nitrogen and oxygen atoms in total. The lowest BCUT2D eigenvalue weighted by Crippen LogP contribution is -2.18. The van der Waals surface area contributed by atoms with Crippen LogP contribution in [0.15, 0.2) is 30.3 Å². The molecule has 3 rings (SSSR count). The highest BCUT2D eigenvalue weighted by molar-refractivity contribution is 5.81. The fourth-order valence-electron chi connectivity index (χ4n) is 2.83. The van der Waals surface area contributed by atoms with Crippen molar-refractivity contribution in [1.29, 1.82) is 0 Å². The van der Waals surface area contributed by atoms with Gasteiger partial charge in [-0.05, 0) is 25.0 Å². The Labute approximate surface area is 119 Å². The van der Waals surface area contributed by atoms with Gasteiger partial charge in [-0.15, -0.1) is 0 Å². The van der Waals surface area contributed by atoms with Gasteiger partial charge < -0.3 is 10.2 Å². The summed E-state index contributed by atoms with van der Waals surface area (Å²) in [5.74, 6) is 6.29. The Morgan fingerprint density at radius 3 is 2.80 bits per heavy atom. The van der Waals surface area contributed by atoms with Gasteiger partial charge in [0.1, 0.15) is 5.82 Å². The lowest BCUT2D eigenvalue weighted by atomic mass is 9.98. The van der Waals surface area contributed by atoms with Crippen molar-refractivity contribution in [2.75, 3.05) is 5.43 Å². The van der Waals surface area contributed by atoms with Crippen LogP contribution in [0.2, 0.25) is 0 Å². The van der Waals surface area contributed by atoms with E-state index in [0.29, 0.717) is 18.5 Å². The molecule has 1 aromatic carbocycles. The number of hydrogen-bond donors (Lipinski definition) is 2. The summed E-state index contributed by atoms with van der Waals surface area (Å²) in [6.45, 7) is 0.571. The normalized spacial score (nSPS) is 16.4. The monoisotopic (exact) mass is 271 g/mol. The van der Waals surface area contributed by atoms with Crippen LogP contribution < -0.4 is 11.3 Å². The number of aromatic nitrogens is 1. The summed E-state index contributed by atoms with van der Waals surface area (Å²) in [6.07, 6.45) is 6.64. The Hall–Kier alpha value is -1.65. The molecule has 4 heteroatoms. The standard InChI is InChI=1S/C16H21N3O/c17-19-16-13(11-20-14-7-2-1-3-8-14)10-12-6-4-5-9-15(12)18-16/h4-6,9-10,14H,1-3,7-8,11,17H2,(H,18,19). The van der Waals surface area contributed by atoms with Crippen LogP contribution in [-0.2, 0) is 11.3 Å². The molecule has 20 heavy (non-hydrogen) atoms. The number of anilines is 1. The Bertz CT molecular complexity index is 579. The number of pyridine rings is 1. The second-order valence-corrected chi connectivity index (χ2v) is 5.40. The van der Waals surface area contributed by atoms with Crippen molar-refractivity contribution in [3.05, 3.63) is 35.9 Å². The summed E-state index contributed by atoms with van der Waals surface area (Å²) in [6, 6.07) is 10.2. The first kappa shape index (κ1) is 13.3. The maximum absolute atomic E-state index is 6.02. The minimum absolute atomic E-state index is 0.390. The van der Waals surface area contributed by atoms with Crippen LogP contribution >= 0.6 is 0 Å². The van der Waals surface area contributed by atoms with Crippen molar-refractivity contribution in [3.8, 4) is 0 Å². The van der Waals surface area contributed by atoms with Gasteiger partial charge >= 0.3 is 0 Å². The van der Waals surface area contributed by atoms with Gasteiger partial charge in [0.15, 0.2) is 0 Å². The number of para-hydroxylation sites is 1. The van der Waals surface area contributed by atoms with Gasteiger partial charge in [-0.3, -0.25) is 0 Å². The van der Waals surface area contributed by atoms with Crippen molar-refractivity contribution in [1.82, 2.24) is 4.98 Å². The van der Waals surface area contributed by atoms with E-state index < -0.39 is 0 Å². The Balaban J connectivity index is 1.78. The first-order chi connectivity index (χ1) is 9.86. The minimum Gasteiger partial charge on any atom is -0.373 e. The first-order valence-corrected chi connectivity index (χ1v) is 7.34. The number of nitrogens with one attached hydrogen (secondary N) is 1. The molecule has 0 saturated heterocycles. The molecule has 1 saturated carbocycles. The maximum Gasteiger partial charge on any atom is 0.146 e. The molecule has 0 amide bonds. The maximum atomic E-state index is 6.02. The van der Waals surface area contributed by atoms with Crippen molar-refractivity contribution in [2.45, 2.75) is 44.8 Å². The largest absolute Gasteiger partial charge is 0.373 e. The van der Waals surface area contributed by atoms with Crippen LogP contribution in [-0.4, -0.2) is 11.1 Å². The summed E-state index contributed by atoms with van der Waals surface area (Å²) in [5.41, 5.74) is 4.66. The van der Waals surface area contributed by atoms with Gasteiger partial charge in [0, 0.05) is 10.9 Å². The number of hydrogen-bond acceptors (Lipinski definition) is 4. The molecule has 0 atom stereocenters. The van der Waals surface area contributed by atoms with Crippen molar-refractivity contribution in [3.63, 3.8) is 0 Å². The van der Waals surface area contributed by atoms with Crippen LogP contribution in [0.1, 0.15) is 37.7 Å². The van der Waals surface area contributed by atoms with E-state index in [9.17, 15) is 0 Å². The molecule has 0 spiro atoms. The number of rotatable bonds is 4. The molecule has 0 aliphatic heterocycles. The van der Waals surface area contributed by atoms with Gasteiger partial charge in [-0.2, -0.15) is 0 Å². The van der Waals surface area contributed by atoms with Crippen LogP contribution in [0.4, 0.5) is 5.82 Å².